The number of likely N-dealkylation sites (tertiary alicyclic amines) is 2. The number of imidazole rings is 1. The number of rotatable bonds is 5. The SMILES string of the molecule is Cn1cnc([C@@H]2CN(Cc3cccs3)C[C@@]23CCN(CC2CC2)C3=O)c1. The van der Waals surface area contributed by atoms with Gasteiger partial charge in [0.15, 0.2) is 0 Å². The van der Waals surface area contributed by atoms with Crippen molar-refractivity contribution in [2.45, 2.75) is 31.7 Å². The van der Waals surface area contributed by atoms with E-state index in [0.29, 0.717) is 5.91 Å². The summed E-state index contributed by atoms with van der Waals surface area (Å²) < 4.78 is 2.01. The van der Waals surface area contributed by atoms with Gasteiger partial charge in [-0.15, -0.1) is 11.3 Å². The molecule has 0 bridgehead atoms. The van der Waals surface area contributed by atoms with Gasteiger partial charge in [0.05, 0.1) is 17.4 Å². The number of carbonyl (C=O) groups is 1. The van der Waals surface area contributed by atoms with Gasteiger partial charge in [-0.05, 0) is 36.6 Å². The number of aryl methyl sites for hydroxylation is 1. The van der Waals surface area contributed by atoms with Crippen LogP contribution in [0.5, 0.6) is 0 Å². The number of carbonyl (C=O) groups excluding carboxylic acids is 1. The third kappa shape index (κ3) is 2.79. The number of amides is 1. The fourth-order valence-corrected chi connectivity index (χ4v) is 5.60. The molecule has 4 heterocycles. The molecular formula is C20H26N4OS. The second kappa shape index (κ2) is 6.20. The maximum Gasteiger partial charge on any atom is 0.230 e. The fraction of sp³-hybridized carbons (Fsp3) is 0.600. The van der Waals surface area contributed by atoms with Crippen LogP contribution in [0.1, 0.15) is 35.8 Å². The third-order valence-corrected chi connectivity index (χ3v) is 7.23. The van der Waals surface area contributed by atoms with Crippen molar-refractivity contribution in [1.82, 2.24) is 19.4 Å². The highest BCUT2D eigenvalue weighted by atomic mass is 32.1. The number of hydrogen-bond donors (Lipinski definition) is 0. The normalized spacial score (nSPS) is 29.3. The Morgan fingerprint density at radius 1 is 1.38 bits per heavy atom. The molecule has 2 saturated heterocycles. The topological polar surface area (TPSA) is 41.4 Å². The van der Waals surface area contributed by atoms with Crippen molar-refractivity contribution in [2.75, 3.05) is 26.2 Å². The Morgan fingerprint density at radius 3 is 2.96 bits per heavy atom. The molecule has 2 aliphatic heterocycles. The van der Waals surface area contributed by atoms with Crippen molar-refractivity contribution in [2.24, 2.45) is 18.4 Å². The smallest absolute Gasteiger partial charge is 0.230 e. The zero-order valence-electron chi connectivity index (χ0n) is 15.3. The van der Waals surface area contributed by atoms with Crippen LogP contribution >= 0.6 is 11.3 Å². The lowest BCUT2D eigenvalue weighted by Crippen LogP contribution is -2.40. The van der Waals surface area contributed by atoms with E-state index >= 15 is 0 Å². The van der Waals surface area contributed by atoms with Crippen LogP contribution in [0.15, 0.2) is 30.0 Å². The molecule has 6 heteroatoms. The predicted octanol–water partition coefficient (Wildman–Crippen LogP) is 2.71. The Bertz CT molecular complexity index is 797. The van der Waals surface area contributed by atoms with E-state index in [0.717, 1.165) is 50.8 Å². The molecule has 2 atom stereocenters. The first-order valence-electron chi connectivity index (χ1n) is 9.66. The van der Waals surface area contributed by atoms with Gasteiger partial charge in [-0.2, -0.15) is 0 Å². The monoisotopic (exact) mass is 370 g/mol. The number of thiophene rings is 1. The number of hydrogen-bond acceptors (Lipinski definition) is 4. The highest BCUT2D eigenvalue weighted by Gasteiger charge is 2.58. The minimum atomic E-state index is -0.277. The van der Waals surface area contributed by atoms with Gasteiger partial charge < -0.3 is 9.47 Å². The molecule has 0 N–H and O–H groups in total. The van der Waals surface area contributed by atoms with Crippen LogP contribution in [0, 0.1) is 11.3 Å². The van der Waals surface area contributed by atoms with E-state index in [2.05, 4.69) is 38.5 Å². The van der Waals surface area contributed by atoms with Crippen LogP contribution in [0.4, 0.5) is 0 Å². The molecule has 0 unspecified atom stereocenters. The average Bonchev–Trinajstić information content (AvgIpc) is 2.98. The summed E-state index contributed by atoms with van der Waals surface area (Å²) in [4.78, 5) is 24.2. The highest BCUT2D eigenvalue weighted by molar-refractivity contribution is 7.09. The Kier molecular flexibility index (Phi) is 3.94. The number of nitrogens with zero attached hydrogens (tertiary/aromatic N) is 4. The summed E-state index contributed by atoms with van der Waals surface area (Å²) in [6, 6.07) is 4.31. The molecule has 2 aromatic heterocycles. The first-order chi connectivity index (χ1) is 12.6. The average molecular weight is 371 g/mol. The molecule has 1 saturated carbocycles. The van der Waals surface area contributed by atoms with E-state index < -0.39 is 0 Å². The van der Waals surface area contributed by atoms with Gasteiger partial charge in [-0.25, -0.2) is 4.98 Å². The zero-order valence-corrected chi connectivity index (χ0v) is 16.1. The van der Waals surface area contributed by atoms with E-state index in [1.165, 1.54) is 17.7 Å². The lowest BCUT2D eigenvalue weighted by atomic mass is 9.75. The molecule has 138 valence electrons. The molecule has 1 amide bonds. The minimum absolute atomic E-state index is 0.209. The summed E-state index contributed by atoms with van der Waals surface area (Å²) in [6.45, 7) is 4.63. The fourth-order valence-electron chi connectivity index (χ4n) is 4.85. The Hall–Kier alpha value is -1.66. The van der Waals surface area contributed by atoms with Gasteiger partial charge in [0, 0.05) is 56.8 Å². The molecule has 1 aliphatic carbocycles. The maximum atomic E-state index is 13.5. The first-order valence-corrected chi connectivity index (χ1v) is 10.5. The van der Waals surface area contributed by atoms with E-state index in [-0.39, 0.29) is 11.3 Å². The molecule has 26 heavy (non-hydrogen) atoms. The molecule has 0 aromatic carbocycles. The summed E-state index contributed by atoms with van der Waals surface area (Å²) in [6.07, 6.45) is 7.54. The van der Waals surface area contributed by atoms with Gasteiger partial charge >= 0.3 is 0 Å². The predicted molar refractivity (Wildman–Crippen MR) is 102 cm³/mol. The van der Waals surface area contributed by atoms with Gasteiger partial charge in [0.1, 0.15) is 0 Å². The van der Waals surface area contributed by atoms with E-state index in [9.17, 15) is 4.79 Å². The third-order valence-electron chi connectivity index (χ3n) is 6.37. The molecule has 2 aromatic rings. The van der Waals surface area contributed by atoms with E-state index in [1.807, 2.05) is 17.9 Å². The summed E-state index contributed by atoms with van der Waals surface area (Å²) in [7, 11) is 2.01. The zero-order chi connectivity index (χ0) is 17.7. The van der Waals surface area contributed by atoms with Crippen LogP contribution in [0.3, 0.4) is 0 Å². The van der Waals surface area contributed by atoms with Gasteiger partial charge in [-0.1, -0.05) is 6.07 Å². The minimum Gasteiger partial charge on any atom is -0.342 e. The van der Waals surface area contributed by atoms with Crippen molar-refractivity contribution < 1.29 is 4.79 Å². The Labute approximate surface area is 158 Å². The maximum absolute atomic E-state index is 13.5. The van der Waals surface area contributed by atoms with Gasteiger partial charge in [0.2, 0.25) is 5.91 Å². The first kappa shape index (κ1) is 16.5. The largest absolute Gasteiger partial charge is 0.342 e. The van der Waals surface area contributed by atoms with Gasteiger partial charge in [0.25, 0.3) is 0 Å². The standard InChI is InChI=1S/C20H26N4OS/c1-22-12-18(21-14-22)17-11-23(10-16-3-2-8-26-16)13-20(17)6-7-24(19(20)25)9-15-4-5-15/h2-3,8,12,14-15,17H,4-7,9-11,13H2,1H3/t17-,20-/m0/s1. The molecule has 3 fully saturated rings. The van der Waals surface area contributed by atoms with E-state index in [4.69, 9.17) is 0 Å². The van der Waals surface area contributed by atoms with Crippen molar-refractivity contribution in [3.05, 3.63) is 40.6 Å². The molecule has 5 rings (SSSR count). The van der Waals surface area contributed by atoms with Crippen molar-refractivity contribution in [3.8, 4) is 0 Å². The van der Waals surface area contributed by atoms with Crippen LogP contribution in [-0.4, -0.2) is 51.4 Å². The summed E-state index contributed by atoms with van der Waals surface area (Å²) in [5.41, 5.74) is 0.809. The van der Waals surface area contributed by atoms with Gasteiger partial charge in [-0.3, -0.25) is 9.69 Å². The molecule has 0 radical (unpaired) electrons. The van der Waals surface area contributed by atoms with Crippen LogP contribution in [-0.2, 0) is 18.4 Å². The van der Waals surface area contributed by atoms with Crippen molar-refractivity contribution in [1.29, 1.82) is 0 Å². The summed E-state index contributed by atoms with van der Waals surface area (Å²) in [5.74, 6) is 1.35. The number of aromatic nitrogens is 2. The lowest BCUT2D eigenvalue weighted by molar-refractivity contribution is -0.136. The quantitative estimate of drug-likeness (QED) is 0.813. The lowest BCUT2D eigenvalue weighted by Gasteiger charge is -2.28. The molecular weight excluding hydrogens is 344 g/mol. The van der Waals surface area contributed by atoms with Crippen LogP contribution in [0.2, 0.25) is 0 Å². The highest BCUT2D eigenvalue weighted by Crippen LogP contribution is 2.50. The summed E-state index contributed by atoms with van der Waals surface area (Å²) >= 11 is 1.80. The second-order valence-corrected chi connectivity index (χ2v) is 9.40. The van der Waals surface area contributed by atoms with Crippen LogP contribution < -0.4 is 0 Å². The Morgan fingerprint density at radius 2 is 2.27 bits per heavy atom. The van der Waals surface area contributed by atoms with Crippen LogP contribution in [0.25, 0.3) is 0 Å². The molecule has 3 aliphatic rings. The van der Waals surface area contributed by atoms with Crippen molar-refractivity contribution in [3.63, 3.8) is 0 Å². The Balaban J connectivity index is 1.43. The summed E-state index contributed by atoms with van der Waals surface area (Å²) in [5, 5.41) is 2.13. The molecule has 1 spiro atoms. The molecule has 5 nitrogen and oxygen atoms in total. The van der Waals surface area contributed by atoms with E-state index in [1.54, 1.807) is 11.3 Å². The van der Waals surface area contributed by atoms with Crippen molar-refractivity contribution >= 4 is 17.2 Å². The second-order valence-electron chi connectivity index (χ2n) is 8.37.